The predicted molar refractivity (Wildman–Crippen MR) is 84.4 cm³/mol. The first-order valence-electron chi connectivity index (χ1n) is 6.15. The topological polar surface area (TPSA) is 97.6 Å². The number of aromatic nitrogens is 4. The van der Waals surface area contributed by atoms with Gasteiger partial charge in [0.05, 0.1) is 9.82 Å². The lowest BCUT2D eigenvalue weighted by atomic mass is 10.3. The van der Waals surface area contributed by atoms with E-state index < -0.39 is 4.92 Å². The van der Waals surface area contributed by atoms with E-state index in [2.05, 4.69) is 20.2 Å². The molecule has 0 aliphatic rings. The largest absolute Gasteiger partial charge is 0.283 e. The third-order valence-electron chi connectivity index (χ3n) is 2.67. The lowest BCUT2D eigenvalue weighted by Crippen LogP contribution is -1.89. The van der Waals surface area contributed by atoms with Crippen molar-refractivity contribution in [1.82, 2.24) is 20.2 Å². The first-order valence-corrected chi connectivity index (χ1v) is 8.30. The molecule has 0 bridgehead atoms. The molecule has 1 aromatic carbocycles. The Morgan fingerprint density at radius 2 is 2.00 bits per heavy atom. The van der Waals surface area contributed by atoms with Gasteiger partial charge in [0.25, 0.3) is 5.69 Å². The van der Waals surface area contributed by atoms with Crippen LogP contribution in [0.3, 0.4) is 0 Å². The molecule has 0 saturated heterocycles. The predicted octanol–water partition coefficient (Wildman–Crippen LogP) is 3.57. The second-order valence-corrected chi connectivity index (χ2v) is 6.24. The molecular formula is C13H9N5O2S2. The number of hydrogen-bond donors (Lipinski definition) is 1. The van der Waals surface area contributed by atoms with Crippen molar-refractivity contribution in [3.05, 3.63) is 58.9 Å². The standard InChI is InChI=1S/C13H9N5O2S2/c19-18(20)10-5-1-2-6-11(10)21-22-13-15-12(16-17-13)9-4-3-7-14-8-9/h1-8H,(H,15,16,17). The Morgan fingerprint density at radius 1 is 1.14 bits per heavy atom. The molecule has 2 aromatic heterocycles. The number of nitrogens with zero attached hydrogens (tertiary/aromatic N) is 4. The summed E-state index contributed by atoms with van der Waals surface area (Å²) in [4.78, 5) is 19.5. The second-order valence-electron chi connectivity index (χ2n) is 4.10. The molecule has 0 aliphatic carbocycles. The summed E-state index contributed by atoms with van der Waals surface area (Å²) in [6.07, 6.45) is 3.37. The van der Waals surface area contributed by atoms with Crippen LogP contribution in [0, 0.1) is 10.1 Å². The number of benzene rings is 1. The van der Waals surface area contributed by atoms with Crippen LogP contribution in [0.25, 0.3) is 11.4 Å². The van der Waals surface area contributed by atoms with Gasteiger partial charge in [-0.1, -0.05) is 12.1 Å². The number of nitro groups is 1. The number of aromatic amines is 1. The third kappa shape index (κ3) is 3.26. The van der Waals surface area contributed by atoms with Crippen LogP contribution >= 0.6 is 21.6 Å². The van der Waals surface area contributed by atoms with Crippen LogP contribution in [0.5, 0.6) is 0 Å². The lowest BCUT2D eigenvalue weighted by Gasteiger charge is -1.99. The molecule has 22 heavy (non-hydrogen) atoms. The minimum Gasteiger partial charge on any atom is -0.264 e. The van der Waals surface area contributed by atoms with Gasteiger partial charge in [-0.05, 0) is 39.8 Å². The Kier molecular flexibility index (Phi) is 4.35. The molecule has 0 amide bonds. The molecule has 0 saturated carbocycles. The van der Waals surface area contributed by atoms with E-state index in [9.17, 15) is 10.1 Å². The van der Waals surface area contributed by atoms with Crippen LogP contribution in [-0.4, -0.2) is 25.1 Å². The van der Waals surface area contributed by atoms with Crippen molar-refractivity contribution in [2.24, 2.45) is 0 Å². The summed E-state index contributed by atoms with van der Waals surface area (Å²) in [6.45, 7) is 0. The summed E-state index contributed by atoms with van der Waals surface area (Å²) in [7, 11) is 2.51. The van der Waals surface area contributed by atoms with Crippen LogP contribution < -0.4 is 0 Å². The molecule has 7 nitrogen and oxygen atoms in total. The van der Waals surface area contributed by atoms with Gasteiger partial charge in [-0.15, -0.1) is 5.10 Å². The van der Waals surface area contributed by atoms with E-state index in [1.807, 2.05) is 12.1 Å². The Hall–Kier alpha value is -2.39. The molecule has 1 N–H and O–H groups in total. The molecule has 9 heteroatoms. The van der Waals surface area contributed by atoms with Gasteiger partial charge in [0.2, 0.25) is 5.16 Å². The Labute approximate surface area is 133 Å². The Balaban J connectivity index is 1.73. The maximum Gasteiger partial charge on any atom is 0.283 e. The fourth-order valence-electron chi connectivity index (χ4n) is 1.68. The third-order valence-corrected chi connectivity index (χ3v) is 4.84. The monoisotopic (exact) mass is 331 g/mol. The van der Waals surface area contributed by atoms with Crippen molar-refractivity contribution in [1.29, 1.82) is 0 Å². The van der Waals surface area contributed by atoms with Crippen molar-refractivity contribution in [2.75, 3.05) is 0 Å². The fraction of sp³-hybridized carbons (Fsp3) is 0. The number of H-pyrrole nitrogens is 1. The molecule has 0 radical (unpaired) electrons. The zero-order valence-corrected chi connectivity index (χ0v) is 12.7. The average Bonchev–Trinajstić information content (AvgIpc) is 3.03. The average molecular weight is 331 g/mol. The van der Waals surface area contributed by atoms with E-state index in [-0.39, 0.29) is 5.69 Å². The Bertz CT molecular complexity index is 794. The first-order chi connectivity index (χ1) is 10.7. The van der Waals surface area contributed by atoms with Gasteiger partial charge in [0.1, 0.15) is 0 Å². The summed E-state index contributed by atoms with van der Waals surface area (Å²) >= 11 is 0. The SMILES string of the molecule is O=[N+]([O-])c1ccccc1SSc1n[nH]c(-c2cccnc2)n1. The van der Waals surface area contributed by atoms with E-state index in [4.69, 9.17) is 0 Å². The lowest BCUT2D eigenvalue weighted by molar-refractivity contribution is -0.387. The molecule has 3 rings (SSSR count). The Morgan fingerprint density at radius 3 is 2.77 bits per heavy atom. The molecule has 0 fully saturated rings. The van der Waals surface area contributed by atoms with Gasteiger partial charge >= 0.3 is 0 Å². The van der Waals surface area contributed by atoms with Gasteiger partial charge in [0, 0.05) is 24.0 Å². The molecular weight excluding hydrogens is 322 g/mol. The number of hydrogen-bond acceptors (Lipinski definition) is 7. The maximum atomic E-state index is 11.0. The van der Waals surface area contributed by atoms with E-state index in [0.29, 0.717) is 15.9 Å². The number of nitrogens with one attached hydrogen (secondary N) is 1. The maximum absolute atomic E-state index is 11.0. The van der Waals surface area contributed by atoms with Crippen molar-refractivity contribution >= 4 is 27.3 Å². The van der Waals surface area contributed by atoms with Gasteiger partial charge in [-0.25, -0.2) is 4.98 Å². The zero-order valence-electron chi connectivity index (χ0n) is 11.0. The minimum atomic E-state index is -0.401. The molecule has 0 atom stereocenters. The molecule has 0 unspecified atom stereocenters. The van der Waals surface area contributed by atoms with Gasteiger partial charge in [-0.2, -0.15) is 0 Å². The summed E-state index contributed by atoms with van der Waals surface area (Å²) in [5.74, 6) is 0.610. The quantitative estimate of drug-likeness (QED) is 0.433. The zero-order chi connectivity index (χ0) is 15.4. The molecule has 2 heterocycles. The molecule has 3 aromatic rings. The highest BCUT2D eigenvalue weighted by molar-refractivity contribution is 8.76. The highest BCUT2D eigenvalue weighted by Crippen LogP contribution is 2.40. The smallest absolute Gasteiger partial charge is 0.264 e. The molecule has 0 spiro atoms. The van der Waals surface area contributed by atoms with Crippen LogP contribution in [0.15, 0.2) is 58.8 Å². The number of para-hydroxylation sites is 1. The fourth-order valence-corrected chi connectivity index (χ4v) is 3.55. The number of rotatable bonds is 5. The number of pyridine rings is 1. The van der Waals surface area contributed by atoms with Crippen molar-refractivity contribution < 1.29 is 4.92 Å². The van der Waals surface area contributed by atoms with Crippen molar-refractivity contribution in [3.8, 4) is 11.4 Å². The van der Waals surface area contributed by atoms with E-state index in [0.717, 1.165) is 5.56 Å². The molecule has 110 valence electrons. The summed E-state index contributed by atoms with van der Waals surface area (Å²) in [6, 6.07) is 10.3. The summed E-state index contributed by atoms with van der Waals surface area (Å²) in [5, 5.41) is 18.4. The van der Waals surface area contributed by atoms with E-state index in [1.54, 1.807) is 30.6 Å². The highest BCUT2D eigenvalue weighted by atomic mass is 33.1. The van der Waals surface area contributed by atoms with Crippen LogP contribution in [0.2, 0.25) is 0 Å². The normalized spacial score (nSPS) is 10.5. The van der Waals surface area contributed by atoms with Crippen molar-refractivity contribution in [2.45, 2.75) is 10.1 Å². The second kappa shape index (κ2) is 6.58. The number of nitro benzene ring substituents is 1. The van der Waals surface area contributed by atoms with Crippen LogP contribution in [0.1, 0.15) is 0 Å². The molecule has 0 aliphatic heterocycles. The summed E-state index contributed by atoms with van der Waals surface area (Å²) < 4.78 is 0. The highest BCUT2D eigenvalue weighted by Gasteiger charge is 2.15. The van der Waals surface area contributed by atoms with Gasteiger partial charge in [0.15, 0.2) is 5.82 Å². The van der Waals surface area contributed by atoms with E-state index in [1.165, 1.54) is 27.7 Å². The van der Waals surface area contributed by atoms with Crippen LogP contribution in [-0.2, 0) is 0 Å². The van der Waals surface area contributed by atoms with Crippen LogP contribution in [0.4, 0.5) is 5.69 Å². The first kappa shape index (κ1) is 14.5. The minimum absolute atomic E-state index is 0.0722. The van der Waals surface area contributed by atoms with Gasteiger partial charge in [-0.3, -0.25) is 20.2 Å². The van der Waals surface area contributed by atoms with E-state index >= 15 is 0 Å². The van der Waals surface area contributed by atoms with Crippen molar-refractivity contribution in [3.63, 3.8) is 0 Å². The van der Waals surface area contributed by atoms with Gasteiger partial charge < -0.3 is 0 Å². The summed E-state index contributed by atoms with van der Waals surface area (Å²) in [5.41, 5.74) is 0.903.